The molecule has 2 aliphatic rings. The largest absolute Gasteiger partial charge is 0.369 e. The van der Waals surface area contributed by atoms with Crippen molar-refractivity contribution in [2.75, 3.05) is 23.0 Å². The molecule has 0 bridgehead atoms. The lowest BCUT2D eigenvalue weighted by molar-refractivity contribution is 0.457. The lowest BCUT2D eigenvalue weighted by atomic mass is 9.93. The highest BCUT2D eigenvalue weighted by Crippen LogP contribution is 2.39. The third-order valence-electron chi connectivity index (χ3n) is 3.90. The van der Waals surface area contributed by atoms with E-state index >= 15 is 0 Å². The van der Waals surface area contributed by atoms with Gasteiger partial charge in [-0.3, -0.25) is 4.99 Å². The Bertz CT molecular complexity index is 478. The molecule has 2 N–H and O–H groups in total. The number of rotatable bonds is 1. The smallest absolute Gasteiger partial charge is 0.196 e. The van der Waals surface area contributed by atoms with E-state index in [1.54, 1.807) is 0 Å². The minimum atomic E-state index is 0.124. The van der Waals surface area contributed by atoms with Gasteiger partial charge >= 0.3 is 0 Å². The zero-order chi connectivity index (χ0) is 12.6. The summed E-state index contributed by atoms with van der Waals surface area (Å²) in [6.45, 7) is 2.99. The van der Waals surface area contributed by atoms with E-state index in [4.69, 9.17) is 5.73 Å². The Morgan fingerprint density at radius 1 is 1.39 bits per heavy atom. The fraction of sp³-hybridized carbons (Fsp3) is 0.500. The van der Waals surface area contributed by atoms with Gasteiger partial charge in [-0.1, -0.05) is 18.2 Å². The molecule has 3 nitrogen and oxygen atoms in total. The summed E-state index contributed by atoms with van der Waals surface area (Å²) in [4.78, 5) is 6.81. The number of thioether (sulfide) groups is 1. The Balaban J connectivity index is 2.01. The lowest BCUT2D eigenvalue weighted by Crippen LogP contribution is -2.55. The predicted molar refractivity (Wildman–Crippen MR) is 79.4 cm³/mol. The van der Waals surface area contributed by atoms with Crippen molar-refractivity contribution in [3.05, 3.63) is 29.8 Å². The number of para-hydroxylation sites is 1. The van der Waals surface area contributed by atoms with E-state index in [-0.39, 0.29) is 5.54 Å². The Labute approximate surface area is 112 Å². The van der Waals surface area contributed by atoms with Crippen molar-refractivity contribution >= 4 is 23.4 Å². The number of nitrogens with zero attached hydrogens (tertiary/aromatic N) is 2. The molecule has 0 amide bonds. The third-order valence-corrected chi connectivity index (χ3v) is 5.22. The molecule has 1 unspecified atom stereocenters. The molecule has 1 saturated heterocycles. The van der Waals surface area contributed by atoms with Gasteiger partial charge in [0, 0.05) is 11.4 Å². The van der Waals surface area contributed by atoms with Gasteiger partial charge in [0.2, 0.25) is 0 Å². The molecule has 96 valence electrons. The SMILES string of the molecule is Cc1ccccc1N1C(N)=NCC12CCCSC2. The molecule has 3 rings (SSSR count). The molecule has 1 atom stereocenters. The summed E-state index contributed by atoms with van der Waals surface area (Å²) in [5, 5.41) is 0. The van der Waals surface area contributed by atoms with Crippen molar-refractivity contribution in [3.8, 4) is 0 Å². The maximum Gasteiger partial charge on any atom is 0.196 e. The van der Waals surface area contributed by atoms with Crippen molar-refractivity contribution in [2.24, 2.45) is 10.7 Å². The number of hydrogen-bond acceptors (Lipinski definition) is 4. The number of guanidine groups is 1. The first kappa shape index (κ1) is 11.9. The van der Waals surface area contributed by atoms with Gasteiger partial charge in [0.25, 0.3) is 0 Å². The van der Waals surface area contributed by atoms with E-state index in [0.29, 0.717) is 5.96 Å². The van der Waals surface area contributed by atoms with Crippen LogP contribution in [0.1, 0.15) is 18.4 Å². The summed E-state index contributed by atoms with van der Waals surface area (Å²) >= 11 is 2.03. The number of aliphatic imine (C=N–C) groups is 1. The first-order valence-electron chi connectivity index (χ1n) is 6.46. The summed E-state index contributed by atoms with van der Waals surface area (Å²) in [5.41, 5.74) is 8.77. The molecule has 1 spiro atoms. The second-order valence-corrected chi connectivity index (χ2v) is 6.28. The first-order valence-corrected chi connectivity index (χ1v) is 7.62. The van der Waals surface area contributed by atoms with Gasteiger partial charge in [-0.25, -0.2) is 0 Å². The molecule has 18 heavy (non-hydrogen) atoms. The zero-order valence-corrected chi connectivity index (χ0v) is 11.5. The van der Waals surface area contributed by atoms with E-state index in [1.807, 2.05) is 11.8 Å². The van der Waals surface area contributed by atoms with Crippen LogP contribution in [-0.2, 0) is 0 Å². The van der Waals surface area contributed by atoms with Crippen LogP contribution in [0.5, 0.6) is 0 Å². The Hall–Kier alpha value is -1.16. The quantitative estimate of drug-likeness (QED) is 0.844. The summed E-state index contributed by atoms with van der Waals surface area (Å²) in [6.07, 6.45) is 2.45. The van der Waals surface area contributed by atoms with Gasteiger partial charge < -0.3 is 10.6 Å². The fourth-order valence-corrected chi connectivity index (χ4v) is 4.18. The number of aryl methyl sites for hydroxylation is 1. The minimum Gasteiger partial charge on any atom is -0.369 e. The Morgan fingerprint density at radius 3 is 2.94 bits per heavy atom. The number of nitrogens with two attached hydrogens (primary N) is 1. The molecule has 0 aliphatic carbocycles. The van der Waals surface area contributed by atoms with Gasteiger partial charge in [-0.15, -0.1) is 0 Å². The van der Waals surface area contributed by atoms with E-state index in [2.05, 4.69) is 41.1 Å². The summed E-state index contributed by atoms with van der Waals surface area (Å²) in [7, 11) is 0. The zero-order valence-electron chi connectivity index (χ0n) is 10.7. The van der Waals surface area contributed by atoms with Crippen LogP contribution in [0.4, 0.5) is 5.69 Å². The Morgan fingerprint density at radius 2 is 2.22 bits per heavy atom. The monoisotopic (exact) mass is 261 g/mol. The van der Waals surface area contributed by atoms with Gasteiger partial charge in [0.1, 0.15) is 0 Å². The predicted octanol–water partition coefficient (Wildman–Crippen LogP) is 2.40. The highest BCUT2D eigenvalue weighted by atomic mass is 32.2. The van der Waals surface area contributed by atoms with Crippen LogP contribution in [0.2, 0.25) is 0 Å². The van der Waals surface area contributed by atoms with Crippen molar-refractivity contribution in [1.29, 1.82) is 0 Å². The highest BCUT2D eigenvalue weighted by molar-refractivity contribution is 7.99. The number of benzene rings is 1. The van der Waals surface area contributed by atoms with Crippen molar-refractivity contribution in [1.82, 2.24) is 0 Å². The van der Waals surface area contributed by atoms with Crippen molar-refractivity contribution < 1.29 is 0 Å². The van der Waals surface area contributed by atoms with Crippen LogP contribution in [0.3, 0.4) is 0 Å². The van der Waals surface area contributed by atoms with Crippen LogP contribution < -0.4 is 10.6 Å². The molecule has 1 aromatic rings. The number of anilines is 1. The van der Waals surface area contributed by atoms with Crippen molar-refractivity contribution in [2.45, 2.75) is 25.3 Å². The lowest BCUT2D eigenvalue weighted by Gasteiger charge is -2.42. The molecule has 2 heterocycles. The van der Waals surface area contributed by atoms with E-state index < -0.39 is 0 Å². The normalized spacial score (nSPS) is 27.6. The third kappa shape index (κ3) is 1.79. The van der Waals surface area contributed by atoms with Crippen LogP contribution in [-0.4, -0.2) is 29.5 Å². The van der Waals surface area contributed by atoms with Crippen molar-refractivity contribution in [3.63, 3.8) is 0 Å². The van der Waals surface area contributed by atoms with Crippen LogP contribution in [0.25, 0.3) is 0 Å². The molecular weight excluding hydrogens is 242 g/mol. The molecular formula is C14H19N3S. The first-order chi connectivity index (χ1) is 8.73. The van der Waals surface area contributed by atoms with E-state index in [9.17, 15) is 0 Å². The summed E-state index contributed by atoms with van der Waals surface area (Å²) in [6, 6.07) is 8.46. The molecule has 1 fully saturated rings. The molecule has 0 radical (unpaired) electrons. The molecule has 1 aromatic carbocycles. The van der Waals surface area contributed by atoms with Gasteiger partial charge in [0.05, 0.1) is 12.1 Å². The maximum atomic E-state index is 6.15. The average molecular weight is 261 g/mol. The standard InChI is InChI=1S/C14H19N3S/c1-11-5-2-3-6-12(11)17-13(15)16-9-14(17)7-4-8-18-10-14/h2-3,5-6H,4,7-10H2,1H3,(H2,15,16). The topological polar surface area (TPSA) is 41.6 Å². The fourth-order valence-electron chi connectivity index (χ4n) is 2.94. The average Bonchev–Trinajstić information content (AvgIpc) is 2.69. The summed E-state index contributed by atoms with van der Waals surface area (Å²) in [5.74, 6) is 3.08. The van der Waals surface area contributed by atoms with E-state index in [0.717, 1.165) is 12.3 Å². The molecule has 0 aromatic heterocycles. The van der Waals surface area contributed by atoms with Gasteiger partial charge in [-0.05, 0) is 37.1 Å². The second-order valence-electron chi connectivity index (χ2n) is 5.18. The highest BCUT2D eigenvalue weighted by Gasteiger charge is 2.44. The second kappa shape index (κ2) is 4.50. The number of hydrogen-bond donors (Lipinski definition) is 1. The summed E-state index contributed by atoms with van der Waals surface area (Å²) < 4.78 is 0. The minimum absolute atomic E-state index is 0.124. The van der Waals surface area contributed by atoms with Crippen LogP contribution in [0.15, 0.2) is 29.3 Å². The van der Waals surface area contributed by atoms with Crippen LogP contribution >= 0.6 is 11.8 Å². The van der Waals surface area contributed by atoms with Gasteiger partial charge in [0.15, 0.2) is 5.96 Å². The molecule has 2 aliphatic heterocycles. The van der Waals surface area contributed by atoms with Crippen LogP contribution in [0, 0.1) is 6.92 Å². The molecule has 0 saturated carbocycles. The van der Waals surface area contributed by atoms with E-state index in [1.165, 1.54) is 29.8 Å². The van der Waals surface area contributed by atoms with Gasteiger partial charge in [-0.2, -0.15) is 11.8 Å². The molecule has 4 heteroatoms. The Kier molecular flexibility index (Phi) is 2.98. The maximum absolute atomic E-state index is 6.15.